The van der Waals surface area contributed by atoms with E-state index in [1.165, 1.54) is 19.3 Å². The molecular formula is C11H21N5. The van der Waals surface area contributed by atoms with Crippen molar-refractivity contribution in [1.82, 2.24) is 25.5 Å². The summed E-state index contributed by atoms with van der Waals surface area (Å²) < 4.78 is 1.97. The van der Waals surface area contributed by atoms with Gasteiger partial charge in [-0.3, -0.25) is 0 Å². The van der Waals surface area contributed by atoms with E-state index >= 15 is 0 Å². The Kier molecular flexibility index (Phi) is 3.88. The Hall–Kier alpha value is -0.970. The van der Waals surface area contributed by atoms with Gasteiger partial charge in [-0.1, -0.05) is 26.7 Å². The molecule has 1 aliphatic rings. The van der Waals surface area contributed by atoms with Crippen molar-refractivity contribution < 1.29 is 0 Å². The van der Waals surface area contributed by atoms with Crippen molar-refractivity contribution in [2.24, 2.45) is 11.8 Å². The lowest BCUT2D eigenvalue weighted by Crippen LogP contribution is -2.20. The van der Waals surface area contributed by atoms with Crippen LogP contribution in [-0.2, 0) is 13.1 Å². The molecule has 1 heterocycles. The second-order valence-electron chi connectivity index (χ2n) is 4.73. The highest BCUT2D eigenvalue weighted by Gasteiger charge is 2.24. The fourth-order valence-corrected chi connectivity index (χ4v) is 2.44. The van der Waals surface area contributed by atoms with E-state index in [1.54, 1.807) is 0 Å². The van der Waals surface area contributed by atoms with Gasteiger partial charge in [-0.15, -0.1) is 5.10 Å². The van der Waals surface area contributed by atoms with E-state index in [0.717, 1.165) is 37.3 Å². The van der Waals surface area contributed by atoms with Crippen molar-refractivity contribution in [3.63, 3.8) is 0 Å². The molecule has 1 aliphatic carbocycles. The lowest BCUT2D eigenvalue weighted by molar-refractivity contribution is 0.337. The van der Waals surface area contributed by atoms with Crippen LogP contribution in [0.2, 0.25) is 0 Å². The topological polar surface area (TPSA) is 55.6 Å². The molecule has 0 bridgehead atoms. The van der Waals surface area contributed by atoms with Crippen LogP contribution in [0.5, 0.6) is 0 Å². The van der Waals surface area contributed by atoms with Gasteiger partial charge in [-0.05, 0) is 35.2 Å². The first-order valence-electron chi connectivity index (χ1n) is 6.27. The number of hydrogen-bond acceptors (Lipinski definition) is 4. The Morgan fingerprint density at radius 3 is 3.00 bits per heavy atom. The lowest BCUT2D eigenvalue weighted by atomic mass is 9.98. The van der Waals surface area contributed by atoms with Crippen molar-refractivity contribution in [2.75, 3.05) is 6.54 Å². The van der Waals surface area contributed by atoms with Crippen LogP contribution < -0.4 is 5.32 Å². The van der Waals surface area contributed by atoms with Crippen LogP contribution >= 0.6 is 0 Å². The molecule has 5 heteroatoms. The van der Waals surface area contributed by atoms with Crippen molar-refractivity contribution in [3.8, 4) is 0 Å². The maximum Gasteiger partial charge on any atom is 0.165 e. The third kappa shape index (κ3) is 2.58. The molecule has 0 radical (unpaired) electrons. The highest BCUT2D eigenvalue weighted by molar-refractivity contribution is 4.82. The van der Waals surface area contributed by atoms with E-state index in [2.05, 4.69) is 34.7 Å². The van der Waals surface area contributed by atoms with Gasteiger partial charge in [0, 0.05) is 6.54 Å². The summed E-state index contributed by atoms with van der Waals surface area (Å²) in [5.41, 5.74) is 0. The molecule has 0 saturated heterocycles. The molecule has 2 rings (SSSR count). The first-order valence-corrected chi connectivity index (χ1v) is 6.27. The summed E-state index contributed by atoms with van der Waals surface area (Å²) in [6.07, 6.45) is 4.04. The Balaban J connectivity index is 1.95. The van der Waals surface area contributed by atoms with Gasteiger partial charge in [-0.2, -0.15) is 0 Å². The molecule has 1 fully saturated rings. The molecule has 2 atom stereocenters. The van der Waals surface area contributed by atoms with Gasteiger partial charge in [-0.25, -0.2) is 4.68 Å². The van der Waals surface area contributed by atoms with Crippen LogP contribution in [0.25, 0.3) is 0 Å². The molecule has 0 aliphatic heterocycles. The van der Waals surface area contributed by atoms with Crippen molar-refractivity contribution in [1.29, 1.82) is 0 Å². The van der Waals surface area contributed by atoms with Crippen LogP contribution in [0.4, 0.5) is 0 Å². The van der Waals surface area contributed by atoms with Crippen LogP contribution in [0, 0.1) is 11.8 Å². The van der Waals surface area contributed by atoms with Gasteiger partial charge in [0.25, 0.3) is 0 Å². The Morgan fingerprint density at radius 1 is 1.44 bits per heavy atom. The monoisotopic (exact) mass is 223 g/mol. The van der Waals surface area contributed by atoms with Crippen molar-refractivity contribution in [3.05, 3.63) is 5.82 Å². The summed E-state index contributed by atoms with van der Waals surface area (Å²) in [6.45, 7) is 7.13. The summed E-state index contributed by atoms with van der Waals surface area (Å²) in [4.78, 5) is 0. The molecule has 5 nitrogen and oxygen atoms in total. The largest absolute Gasteiger partial charge is 0.310 e. The maximum atomic E-state index is 4.08. The van der Waals surface area contributed by atoms with Crippen LogP contribution in [0.15, 0.2) is 0 Å². The first-order chi connectivity index (χ1) is 7.81. The molecule has 0 amide bonds. The van der Waals surface area contributed by atoms with Crippen LogP contribution in [0.3, 0.4) is 0 Å². The van der Waals surface area contributed by atoms with Crippen molar-refractivity contribution in [2.45, 2.75) is 46.2 Å². The number of nitrogens with zero attached hydrogens (tertiary/aromatic N) is 4. The SMILES string of the molecule is CCNCc1nnnn1CC1CCCC1C. The van der Waals surface area contributed by atoms with Gasteiger partial charge in [0.15, 0.2) is 5.82 Å². The zero-order chi connectivity index (χ0) is 11.4. The quantitative estimate of drug-likeness (QED) is 0.815. The average Bonchev–Trinajstić information content (AvgIpc) is 2.87. The van der Waals surface area contributed by atoms with Gasteiger partial charge in [0.1, 0.15) is 0 Å². The Bertz CT molecular complexity index is 322. The molecule has 0 spiro atoms. The minimum absolute atomic E-state index is 0.754. The zero-order valence-corrected chi connectivity index (χ0v) is 10.2. The van der Waals surface area contributed by atoms with E-state index in [0.29, 0.717) is 0 Å². The smallest absolute Gasteiger partial charge is 0.165 e. The second-order valence-corrected chi connectivity index (χ2v) is 4.73. The summed E-state index contributed by atoms with van der Waals surface area (Å²) in [6, 6.07) is 0. The third-order valence-electron chi connectivity index (χ3n) is 3.59. The van der Waals surface area contributed by atoms with E-state index in [-0.39, 0.29) is 0 Å². The summed E-state index contributed by atoms with van der Waals surface area (Å²) in [5, 5.41) is 15.2. The van der Waals surface area contributed by atoms with E-state index in [1.807, 2.05) is 4.68 Å². The summed E-state index contributed by atoms with van der Waals surface area (Å²) >= 11 is 0. The molecule has 1 aromatic rings. The molecule has 1 aromatic heterocycles. The number of rotatable bonds is 5. The minimum atomic E-state index is 0.754. The van der Waals surface area contributed by atoms with Gasteiger partial charge in [0.05, 0.1) is 6.54 Å². The predicted octanol–water partition coefficient (Wildman–Crippen LogP) is 1.22. The first kappa shape index (κ1) is 11.5. The van der Waals surface area contributed by atoms with Gasteiger partial charge in [0.2, 0.25) is 0 Å². The fourth-order valence-electron chi connectivity index (χ4n) is 2.44. The Morgan fingerprint density at radius 2 is 2.31 bits per heavy atom. The molecule has 2 unspecified atom stereocenters. The molecule has 1 N–H and O–H groups in total. The van der Waals surface area contributed by atoms with Crippen LogP contribution in [0.1, 0.15) is 38.9 Å². The molecule has 1 saturated carbocycles. The molecular weight excluding hydrogens is 202 g/mol. The van der Waals surface area contributed by atoms with E-state index < -0.39 is 0 Å². The number of hydrogen-bond donors (Lipinski definition) is 1. The summed E-state index contributed by atoms with van der Waals surface area (Å²) in [5.74, 6) is 2.53. The summed E-state index contributed by atoms with van der Waals surface area (Å²) in [7, 11) is 0. The number of nitrogens with one attached hydrogen (secondary N) is 1. The van der Waals surface area contributed by atoms with Gasteiger partial charge >= 0.3 is 0 Å². The Labute approximate surface area is 96.6 Å². The zero-order valence-electron chi connectivity index (χ0n) is 10.2. The lowest BCUT2D eigenvalue weighted by Gasteiger charge is -2.15. The fraction of sp³-hybridized carbons (Fsp3) is 0.909. The van der Waals surface area contributed by atoms with Gasteiger partial charge < -0.3 is 5.32 Å². The molecule has 0 aromatic carbocycles. The highest BCUT2D eigenvalue weighted by atomic mass is 15.5. The van der Waals surface area contributed by atoms with E-state index in [9.17, 15) is 0 Å². The maximum absolute atomic E-state index is 4.08. The highest BCUT2D eigenvalue weighted by Crippen LogP contribution is 2.32. The third-order valence-corrected chi connectivity index (χ3v) is 3.59. The number of tetrazole rings is 1. The second kappa shape index (κ2) is 5.39. The standard InChI is InChI=1S/C11H21N5/c1-3-12-7-11-13-14-15-16(11)8-10-6-4-5-9(10)2/h9-10,12H,3-8H2,1-2H3. The van der Waals surface area contributed by atoms with E-state index in [4.69, 9.17) is 0 Å². The number of aromatic nitrogens is 4. The minimum Gasteiger partial charge on any atom is -0.310 e. The predicted molar refractivity (Wildman–Crippen MR) is 61.7 cm³/mol. The normalized spacial score (nSPS) is 25.1. The van der Waals surface area contributed by atoms with Crippen LogP contribution in [-0.4, -0.2) is 26.8 Å². The van der Waals surface area contributed by atoms with Crippen molar-refractivity contribution >= 4 is 0 Å². The average molecular weight is 223 g/mol. The molecule has 16 heavy (non-hydrogen) atoms. The molecule has 90 valence electrons.